The number of aromatic nitrogens is 2. The van der Waals surface area contributed by atoms with Crippen molar-refractivity contribution >= 4 is 0 Å². The number of aryl methyl sites for hydroxylation is 3. The van der Waals surface area contributed by atoms with E-state index in [4.69, 9.17) is 9.97 Å². The first kappa shape index (κ1) is 43.8. The molecule has 0 atom stereocenters. The van der Waals surface area contributed by atoms with Crippen LogP contribution in [0.1, 0.15) is 39.3 Å². The van der Waals surface area contributed by atoms with Gasteiger partial charge in [0.15, 0.2) is 5.82 Å². The summed E-state index contributed by atoms with van der Waals surface area (Å²) in [5.74, 6) is 0.557. The molecular formula is C68H52N2. The van der Waals surface area contributed by atoms with E-state index in [0.29, 0.717) is 5.82 Å². The molecule has 0 aliphatic carbocycles. The Kier molecular flexibility index (Phi) is 12.2. The highest BCUT2D eigenvalue weighted by Gasteiger charge is 2.28. The van der Waals surface area contributed by atoms with E-state index < -0.39 is 0 Å². The van der Waals surface area contributed by atoms with Crippen LogP contribution in [-0.4, -0.2) is 9.97 Å². The topological polar surface area (TPSA) is 25.8 Å². The third-order valence-electron chi connectivity index (χ3n) is 13.8. The fourth-order valence-corrected chi connectivity index (χ4v) is 10.1. The summed E-state index contributed by atoms with van der Waals surface area (Å²) in [7, 11) is 0. The molecule has 0 radical (unpaired) electrons. The maximum Gasteiger partial charge on any atom is 0.160 e. The highest BCUT2D eigenvalue weighted by Crippen LogP contribution is 2.47. The number of hydrogen-bond acceptors (Lipinski definition) is 2. The van der Waals surface area contributed by atoms with E-state index in [9.17, 15) is 0 Å². The quantitative estimate of drug-likeness (QED) is 0.121. The van der Waals surface area contributed by atoms with E-state index in [1.54, 1.807) is 0 Å². The van der Waals surface area contributed by atoms with Gasteiger partial charge in [-0.2, -0.15) is 0 Å². The van der Waals surface area contributed by atoms with Gasteiger partial charge >= 0.3 is 0 Å². The molecule has 0 saturated carbocycles. The average Bonchev–Trinajstić information content (AvgIpc) is 3.42. The number of hydrogen-bond donors (Lipinski definition) is 0. The molecule has 2 heteroatoms. The van der Waals surface area contributed by atoms with Gasteiger partial charge in [-0.1, -0.05) is 243 Å². The van der Waals surface area contributed by atoms with Crippen molar-refractivity contribution in [2.24, 2.45) is 0 Å². The van der Waals surface area contributed by atoms with Gasteiger partial charge in [-0.15, -0.1) is 0 Å². The van der Waals surface area contributed by atoms with E-state index in [0.717, 1.165) is 39.2 Å². The van der Waals surface area contributed by atoms with Crippen molar-refractivity contribution in [3.05, 3.63) is 288 Å². The summed E-state index contributed by atoms with van der Waals surface area (Å²) in [6.45, 7) is 6.67. The van der Waals surface area contributed by atoms with Crippen LogP contribution in [0.15, 0.2) is 255 Å². The van der Waals surface area contributed by atoms with Gasteiger partial charge in [-0.3, -0.25) is 0 Å². The fraction of sp³-hybridized carbons (Fsp3) is 0.0588. The van der Waals surface area contributed by atoms with Gasteiger partial charge in [-0.05, 0) is 122 Å². The summed E-state index contributed by atoms with van der Waals surface area (Å²) in [5.41, 5.74) is 24.4. The van der Waals surface area contributed by atoms with E-state index in [2.05, 4.69) is 269 Å². The lowest BCUT2D eigenvalue weighted by Crippen LogP contribution is -2.10. The van der Waals surface area contributed by atoms with Gasteiger partial charge in [-0.25, -0.2) is 9.97 Å². The van der Waals surface area contributed by atoms with Gasteiger partial charge in [0.1, 0.15) is 0 Å². The van der Waals surface area contributed by atoms with Crippen molar-refractivity contribution in [3.63, 3.8) is 0 Å². The summed E-state index contributed by atoms with van der Waals surface area (Å²) in [6.07, 6.45) is 0. The van der Waals surface area contributed by atoms with Crippen LogP contribution >= 0.6 is 0 Å². The molecular weight excluding hydrogens is 845 g/mol. The first-order valence-electron chi connectivity index (χ1n) is 24.2. The minimum Gasteiger partial charge on any atom is -0.228 e. The first-order valence-corrected chi connectivity index (χ1v) is 24.2. The van der Waals surface area contributed by atoms with Crippen molar-refractivity contribution in [3.8, 4) is 89.5 Å². The Morgan fingerprint density at radius 1 is 0.243 bits per heavy atom. The van der Waals surface area contributed by atoms with Crippen LogP contribution in [0.2, 0.25) is 0 Å². The molecule has 11 aromatic rings. The van der Waals surface area contributed by atoms with E-state index in [-0.39, 0.29) is 5.92 Å². The van der Waals surface area contributed by atoms with E-state index in [1.807, 2.05) is 6.07 Å². The number of nitrogens with zero attached hydrogens (tertiary/aromatic N) is 2. The number of benzene rings is 10. The van der Waals surface area contributed by atoms with Crippen LogP contribution in [-0.2, 0) is 0 Å². The molecule has 0 fully saturated rings. The Hall–Kier alpha value is -8.72. The van der Waals surface area contributed by atoms with Gasteiger partial charge in [0.05, 0.1) is 11.4 Å². The Morgan fingerprint density at radius 3 is 1.06 bits per heavy atom. The molecule has 1 heterocycles. The SMILES string of the molecule is Cc1ccccc1-c1ccccc1C(c1ccccc1-c1ccccc1C)c1cc(-c2ccc(-c3nc(-c4ccccc4)cc(-c4ccc(-c5ccccc5)cc4)n3)cc2)ccc1-c1ccccc1C. The van der Waals surface area contributed by atoms with Crippen LogP contribution in [0.3, 0.4) is 0 Å². The highest BCUT2D eigenvalue weighted by atomic mass is 14.9. The third kappa shape index (κ3) is 8.80. The predicted octanol–water partition coefficient (Wildman–Crippen LogP) is 17.9. The van der Waals surface area contributed by atoms with E-state index in [1.165, 1.54) is 77.9 Å². The van der Waals surface area contributed by atoms with Crippen LogP contribution in [0.5, 0.6) is 0 Å². The van der Waals surface area contributed by atoms with Crippen LogP contribution in [0, 0.1) is 20.8 Å². The highest BCUT2D eigenvalue weighted by molar-refractivity contribution is 5.83. The number of rotatable bonds is 11. The standard InChI is InChI=1S/C68H52N2/c1-46-20-10-13-27-56(46)59-30-16-18-32-62(59)67(63-33-19-17-31-60(63)57-28-14-11-21-47(57)2)64-44-55(42-43-61(64)58-29-15-12-22-48(58)3)51-36-40-54(41-37-51)68-69-65(52-25-8-5-9-26-52)45-66(70-68)53-38-34-50(35-39-53)49-23-6-4-7-24-49/h4-45,67H,1-3H3. The third-order valence-corrected chi connectivity index (χ3v) is 13.8. The second-order valence-corrected chi connectivity index (χ2v) is 18.2. The zero-order valence-corrected chi connectivity index (χ0v) is 39.7. The second kappa shape index (κ2) is 19.5. The molecule has 334 valence electrons. The molecule has 1 aromatic heterocycles. The molecule has 0 spiro atoms. The van der Waals surface area contributed by atoms with Gasteiger partial charge in [0.2, 0.25) is 0 Å². The van der Waals surface area contributed by atoms with Crippen molar-refractivity contribution < 1.29 is 0 Å². The van der Waals surface area contributed by atoms with Crippen LogP contribution < -0.4 is 0 Å². The molecule has 0 amide bonds. The van der Waals surface area contributed by atoms with Gasteiger partial charge in [0, 0.05) is 22.6 Å². The summed E-state index contributed by atoms with van der Waals surface area (Å²) < 4.78 is 0. The van der Waals surface area contributed by atoms with Crippen LogP contribution in [0.25, 0.3) is 89.5 Å². The summed E-state index contributed by atoms with van der Waals surface area (Å²) in [5, 5.41) is 0. The Labute approximate surface area is 412 Å². The Balaban J connectivity index is 1.07. The molecule has 11 rings (SSSR count). The molecule has 0 aliphatic heterocycles. The first-order chi connectivity index (χ1) is 34.5. The van der Waals surface area contributed by atoms with E-state index >= 15 is 0 Å². The average molecular weight is 897 g/mol. The molecule has 0 N–H and O–H groups in total. The van der Waals surface area contributed by atoms with Crippen molar-refractivity contribution in [1.29, 1.82) is 0 Å². The van der Waals surface area contributed by atoms with Gasteiger partial charge < -0.3 is 0 Å². The molecule has 70 heavy (non-hydrogen) atoms. The van der Waals surface area contributed by atoms with Crippen molar-refractivity contribution in [1.82, 2.24) is 9.97 Å². The lowest BCUT2D eigenvalue weighted by atomic mass is 9.75. The largest absolute Gasteiger partial charge is 0.228 e. The fourth-order valence-electron chi connectivity index (χ4n) is 10.1. The lowest BCUT2D eigenvalue weighted by Gasteiger charge is -2.28. The molecule has 0 aliphatic rings. The minimum absolute atomic E-state index is 0.130. The Morgan fingerprint density at radius 2 is 0.571 bits per heavy atom. The smallest absolute Gasteiger partial charge is 0.160 e. The summed E-state index contributed by atoms with van der Waals surface area (Å²) >= 11 is 0. The summed E-state index contributed by atoms with van der Waals surface area (Å²) in [4.78, 5) is 10.4. The lowest BCUT2D eigenvalue weighted by molar-refractivity contribution is 0.983. The summed E-state index contributed by atoms with van der Waals surface area (Å²) in [6, 6.07) is 92.0. The van der Waals surface area contributed by atoms with Gasteiger partial charge in [0.25, 0.3) is 0 Å². The minimum atomic E-state index is -0.130. The van der Waals surface area contributed by atoms with Crippen LogP contribution in [0.4, 0.5) is 0 Å². The maximum atomic E-state index is 5.23. The monoisotopic (exact) mass is 896 g/mol. The Bertz CT molecular complexity index is 3520. The van der Waals surface area contributed by atoms with Crippen molar-refractivity contribution in [2.75, 3.05) is 0 Å². The molecule has 0 unspecified atom stereocenters. The molecule has 0 saturated heterocycles. The predicted molar refractivity (Wildman–Crippen MR) is 294 cm³/mol. The zero-order valence-electron chi connectivity index (χ0n) is 39.7. The maximum absolute atomic E-state index is 5.23. The zero-order chi connectivity index (χ0) is 47.4. The normalized spacial score (nSPS) is 11.2. The molecule has 2 nitrogen and oxygen atoms in total. The van der Waals surface area contributed by atoms with Crippen molar-refractivity contribution in [2.45, 2.75) is 26.7 Å². The second-order valence-electron chi connectivity index (χ2n) is 18.2. The molecule has 10 aromatic carbocycles. The molecule has 0 bridgehead atoms.